The van der Waals surface area contributed by atoms with E-state index in [9.17, 15) is 9.59 Å². The van der Waals surface area contributed by atoms with E-state index in [1.54, 1.807) is 20.8 Å². The molecule has 3 rings (SSSR count). The molecule has 7 heteroatoms. The summed E-state index contributed by atoms with van der Waals surface area (Å²) in [5.41, 5.74) is 1.33. The highest BCUT2D eigenvalue weighted by atomic mass is 16.7. The molecule has 1 aliphatic rings. The molecule has 0 aromatic heterocycles. The van der Waals surface area contributed by atoms with Crippen molar-refractivity contribution in [2.24, 2.45) is 0 Å². The largest absolute Gasteiger partial charge is 0.454 e. The number of rotatable bonds is 7. The van der Waals surface area contributed by atoms with E-state index in [1.165, 1.54) is 0 Å². The molecule has 1 heterocycles. The molecular weight excluding hydrogens is 384 g/mol. The maximum atomic E-state index is 12.8. The first kappa shape index (κ1) is 21.5. The van der Waals surface area contributed by atoms with Crippen LogP contribution in [0.5, 0.6) is 11.5 Å². The SMILES string of the molecule is CC(C)(C)OC(=O)N[C@@H](CCc1ccccc1)C(=O)NCc1ccc2c(c1)OCO2. The minimum absolute atomic E-state index is 0.201. The van der Waals surface area contributed by atoms with Gasteiger partial charge in [-0.1, -0.05) is 36.4 Å². The van der Waals surface area contributed by atoms with Gasteiger partial charge in [0.2, 0.25) is 12.7 Å². The first-order valence-electron chi connectivity index (χ1n) is 10.00. The Labute approximate surface area is 176 Å². The van der Waals surface area contributed by atoms with Gasteiger partial charge >= 0.3 is 6.09 Å². The van der Waals surface area contributed by atoms with Crippen molar-refractivity contribution in [2.75, 3.05) is 6.79 Å². The Balaban J connectivity index is 1.61. The van der Waals surface area contributed by atoms with E-state index in [0.29, 0.717) is 30.9 Å². The molecule has 2 amide bonds. The van der Waals surface area contributed by atoms with Crippen molar-refractivity contribution < 1.29 is 23.8 Å². The van der Waals surface area contributed by atoms with Crippen LogP contribution in [-0.4, -0.2) is 30.4 Å². The van der Waals surface area contributed by atoms with Crippen LogP contribution < -0.4 is 20.1 Å². The molecule has 7 nitrogen and oxygen atoms in total. The van der Waals surface area contributed by atoms with Gasteiger partial charge in [-0.2, -0.15) is 0 Å². The molecule has 0 unspecified atom stereocenters. The summed E-state index contributed by atoms with van der Waals surface area (Å²) in [4.78, 5) is 25.1. The van der Waals surface area contributed by atoms with Crippen molar-refractivity contribution in [2.45, 2.75) is 51.8 Å². The lowest BCUT2D eigenvalue weighted by molar-refractivity contribution is -0.123. The monoisotopic (exact) mass is 412 g/mol. The number of amides is 2. The van der Waals surface area contributed by atoms with Crippen LogP contribution in [0.2, 0.25) is 0 Å². The third kappa shape index (κ3) is 6.40. The van der Waals surface area contributed by atoms with Crippen molar-refractivity contribution >= 4 is 12.0 Å². The molecule has 2 aromatic carbocycles. The number of alkyl carbamates (subject to hydrolysis) is 1. The van der Waals surface area contributed by atoms with Crippen LogP contribution in [0.4, 0.5) is 4.79 Å². The van der Waals surface area contributed by atoms with E-state index in [2.05, 4.69) is 10.6 Å². The summed E-state index contributed by atoms with van der Waals surface area (Å²) in [6, 6.07) is 14.6. The fourth-order valence-corrected chi connectivity index (χ4v) is 3.04. The van der Waals surface area contributed by atoms with Gasteiger partial charge < -0.3 is 24.8 Å². The molecule has 1 aliphatic heterocycles. The third-order valence-corrected chi connectivity index (χ3v) is 4.48. The number of hydrogen-bond acceptors (Lipinski definition) is 5. The number of nitrogens with one attached hydrogen (secondary N) is 2. The number of carbonyl (C=O) groups excluding carboxylic acids is 2. The average molecular weight is 412 g/mol. The van der Waals surface area contributed by atoms with E-state index in [0.717, 1.165) is 11.1 Å². The van der Waals surface area contributed by atoms with E-state index in [-0.39, 0.29) is 12.7 Å². The van der Waals surface area contributed by atoms with Crippen LogP contribution in [0.3, 0.4) is 0 Å². The summed E-state index contributed by atoms with van der Waals surface area (Å²) in [5, 5.41) is 5.59. The lowest BCUT2D eigenvalue weighted by Gasteiger charge is -2.23. The molecule has 2 N–H and O–H groups in total. The fraction of sp³-hybridized carbons (Fsp3) is 0.391. The summed E-state index contributed by atoms with van der Waals surface area (Å²) in [6.45, 7) is 5.86. The zero-order valence-electron chi connectivity index (χ0n) is 17.6. The second-order valence-corrected chi connectivity index (χ2v) is 8.13. The molecule has 0 saturated heterocycles. The lowest BCUT2D eigenvalue weighted by atomic mass is 10.0. The van der Waals surface area contributed by atoms with Crippen LogP contribution in [0, 0.1) is 0 Å². The van der Waals surface area contributed by atoms with Gasteiger partial charge in [0.15, 0.2) is 11.5 Å². The van der Waals surface area contributed by atoms with Gasteiger partial charge in [-0.15, -0.1) is 0 Å². The summed E-state index contributed by atoms with van der Waals surface area (Å²) in [7, 11) is 0. The first-order chi connectivity index (χ1) is 14.3. The number of aryl methyl sites for hydroxylation is 1. The molecule has 2 aromatic rings. The zero-order valence-corrected chi connectivity index (χ0v) is 17.6. The molecule has 0 radical (unpaired) electrons. The molecule has 0 saturated carbocycles. The smallest absolute Gasteiger partial charge is 0.408 e. The number of fused-ring (bicyclic) bond motifs is 1. The van der Waals surface area contributed by atoms with Gasteiger partial charge in [-0.25, -0.2) is 4.79 Å². The van der Waals surface area contributed by atoms with E-state index >= 15 is 0 Å². The Hall–Kier alpha value is -3.22. The van der Waals surface area contributed by atoms with Crippen LogP contribution >= 0.6 is 0 Å². The number of carbonyl (C=O) groups is 2. The Bertz CT molecular complexity index is 877. The number of hydrogen-bond donors (Lipinski definition) is 2. The summed E-state index contributed by atoms with van der Waals surface area (Å²) in [6.07, 6.45) is 0.494. The van der Waals surface area contributed by atoms with Gasteiger partial charge in [-0.3, -0.25) is 4.79 Å². The van der Waals surface area contributed by atoms with E-state index < -0.39 is 17.7 Å². The van der Waals surface area contributed by atoms with Crippen LogP contribution in [0.25, 0.3) is 0 Å². The van der Waals surface area contributed by atoms with Crippen LogP contribution in [0.15, 0.2) is 48.5 Å². The summed E-state index contributed by atoms with van der Waals surface area (Å²) >= 11 is 0. The number of ether oxygens (including phenoxy) is 3. The zero-order chi connectivity index (χ0) is 21.6. The molecular formula is C23H28N2O5. The molecule has 30 heavy (non-hydrogen) atoms. The fourth-order valence-electron chi connectivity index (χ4n) is 3.04. The van der Waals surface area contributed by atoms with E-state index in [1.807, 2.05) is 48.5 Å². The molecule has 0 fully saturated rings. The van der Waals surface area contributed by atoms with Gasteiger partial charge in [0.05, 0.1) is 0 Å². The van der Waals surface area contributed by atoms with Crippen molar-refractivity contribution in [3.63, 3.8) is 0 Å². The molecule has 0 bridgehead atoms. The average Bonchev–Trinajstić information content (AvgIpc) is 3.16. The minimum atomic E-state index is -0.714. The molecule has 1 atom stereocenters. The quantitative estimate of drug-likeness (QED) is 0.726. The van der Waals surface area contributed by atoms with Crippen molar-refractivity contribution in [3.8, 4) is 11.5 Å². The normalized spacial score (nSPS) is 13.4. The predicted molar refractivity (Wildman–Crippen MR) is 112 cm³/mol. The Morgan fingerprint density at radius 3 is 2.50 bits per heavy atom. The Morgan fingerprint density at radius 1 is 1.03 bits per heavy atom. The van der Waals surface area contributed by atoms with Crippen LogP contribution in [0.1, 0.15) is 38.3 Å². The molecule has 0 spiro atoms. The van der Waals surface area contributed by atoms with Crippen molar-refractivity contribution in [1.29, 1.82) is 0 Å². The van der Waals surface area contributed by atoms with Crippen LogP contribution in [-0.2, 0) is 22.5 Å². The lowest BCUT2D eigenvalue weighted by Crippen LogP contribution is -2.48. The minimum Gasteiger partial charge on any atom is -0.454 e. The maximum absolute atomic E-state index is 12.8. The summed E-state index contributed by atoms with van der Waals surface area (Å²) in [5.74, 6) is 1.08. The standard InChI is InChI=1S/C23H28N2O5/c1-23(2,3)30-22(27)25-18(11-9-16-7-5-4-6-8-16)21(26)24-14-17-10-12-19-20(13-17)29-15-28-19/h4-8,10,12-13,18H,9,11,14-15H2,1-3H3,(H,24,26)(H,25,27)/t18-/m0/s1. The second kappa shape index (κ2) is 9.52. The molecule has 0 aliphatic carbocycles. The predicted octanol–water partition coefficient (Wildman–Crippen LogP) is 3.56. The highest BCUT2D eigenvalue weighted by Gasteiger charge is 2.24. The van der Waals surface area contributed by atoms with Gasteiger partial charge in [0, 0.05) is 6.54 Å². The first-order valence-corrected chi connectivity index (χ1v) is 10.00. The van der Waals surface area contributed by atoms with Crippen molar-refractivity contribution in [3.05, 3.63) is 59.7 Å². The second-order valence-electron chi connectivity index (χ2n) is 8.13. The van der Waals surface area contributed by atoms with Gasteiger partial charge in [0.1, 0.15) is 11.6 Å². The maximum Gasteiger partial charge on any atom is 0.408 e. The number of benzene rings is 2. The summed E-state index contributed by atoms with van der Waals surface area (Å²) < 4.78 is 16.0. The molecule has 160 valence electrons. The highest BCUT2D eigenvalue weighted by molar-refractivity contribution is 5.85. The Kier molecular flexibility index (Phi) is 6.82. The topological polar surface area (TPSA) is 85.9 Å². The Morgan fingerprint density at radius 2 is 1.77 bits per heavy atom. The van der Waals surface area contributed by atoms with Crippen molar-refractivity contribution in [1.82, 2.24) is 10.6 Å². The van der Waals surface area contributed by atoms with Gasteiger partial charge in [0.25, 0.3) is 0 Å². The van der Waals surface area contributed by atoms with E-state index in [4.69, 9.17) is 14.2 Å². The third-order valence-electron chi connectivity index (χ3n) is 4.48. The highest BCUT2D eigenvalue weighted by Crippen LogP contribution is 2.32. The van der Waals surface area contributed by atoms with Gasteiger partial charge in [-0.05, 0) is 56.9 Å².